The lowest BCUT2D eigenvalue weighted by Crippen LogP contribution is -2.56. The predicted molar refractivity (Wildman–Crippen MR) is 99.7 cm³/mol. The fourth-order valence-electron chi connectivity index (χ4n) is 8.36. The number of carbonyl (C=O) groups is 1. The second-order valence-corrected chi connectivity index (χ2v) is 10.5. The van der Waals surface area contributed by atoms with Crippen LogP contribution in [0.25, 0.3) is 0 Å². The van der Waals surface area contributed by atoms with Crippen LogP contribution in [0.3, 0.4) is 0 Å². The van der Waals surface area contributed by atoms with Gasteiger partial charge in [0.15, 0.2) is 0 Å². The van der Waals surface area contributed by atoms with E-state index in [0.29, 0.717) is 28.4 Å². The first kappa shape index (κ1) is 17.1. The molecule has 8 atom stereocenters. The van der Waals surface area contributed by atoms with Gasteiger partial charge in [0.2, 0.25) is 0 Å². The van der Waals surface area contributed by atoms with E-state index in [0.717, 1.165) is 30.1 Å². The Kier molecular flexibility index (Phi) is 4.17. The first-order valence-electron chi connectivity index (χ1n) is 10.9. The molecule has 4 aliphatic carbocycles. The van der Waals surface area contributed by atoms with Crippen LogP contribution in [-0.2, 0) is 4.79 Å². The molecule has 1 nitrogen and oxygen atoms in total. The van der Waals surface area contributed by atoms with E-state index in [4.69, 9.17) is 0 Å². The van der Waals surface area contributed by atoms with Gasteiger partial charge in [-0.3, -0.25) is 4.79 Å². The van der Waals surface area contributed by atoms with E-state index in [1.807, 2.05) is 0 Å². The molecule has 0 aromatic rings. The minimum absolute atomic E-state index is 0.341. The van der Waals surface area contributed by atoms with Crippen LogP contribution in [0.5, 0.6) is 0 Å². The summed E-state index contributed by atoms with van der Waals surface area (Å²) < 4.78 is 0. The molecule has 24 heavy (non-hydrogen) atoms. The highest BCUT2D eigenvalue weighted by Gasteiger charge is 2.61. The summed E-state index contributed by atoms with van der Waals surface area (Å²) in [6, 6.07) is 0. The lowest BCUT2D eigenvalue weighted by atomic mass is 9.44. The zero-order chi connectivity index (χ0) is 17.1. The molecule has 136 valence electrons. The maximum absolute atomic E-state index is 13.1. The van der Waals surface area contributed by atoms with Gasteiger partial charge in [-0.25, -0.2) is 0 Å². The van der Waals surface area contributed by atoms with E-state index < -0.39 is 0 Å². The van der Waals surface area contributed by atoms with Gasteiger partial charge in [0, 0.05) is 12.3 Å². The Morgan fingerprint density at radius 2 is 1.75 bits per heavy atom. The number of hydrogen-bond acceptors (Lipinski definition) is 1. The normalized spacial score (nSPS) is 52.3. The van der Waals surface area contributed by atoms with Crippen LogP contribution in [0.15, 0.2) is 0 Å². The SMILES string of the molecule is CC[C@@H](C)C1CCC2C3CC(=O)C4CCCCC4(C)C3CC[C@@]21C. The topological polar surface area (TPSA) is 17.1 Å². The Hall–Kier alpha value is -0.330. The second-order valence-electron chi connectivity index (χ2n) is 10.5. The Balaban J connectivity index is 1.65. The quantitative estimate of drug-likeness (QED) is 0.584. The second kappa shape index (κ2) is 5.85. The van der Waals surface area contributed by atoms with Crippen molar-refractivity contribution in [1.82, 2.24) is 0 Å². The highest BCUT2D eigenvalue weighted by Crippen LogP contribution is 2.67. The average molecular weight is 331 g/mol. The van der Waals surface area contributed by atoms with E-state index >= 15 is 0 Å². The minimum atomic E-state index is 0.341. The van der Waals surface area contributed by atoms with Crippen LogP contribution in [0.4, 0.5) is 0 Å². The van der Waals surface area contributed by atoms with Crippen LogP contribution in [0, 0.1) is 46.3 Å². The summed E-state index contributed by atoms with van der Waals surface area (Å²) in [6.07, 6.45) is 13.1. The number of carbonyl (C=O) groups excluding carboxylic acids is 1. The monoisotopic (exact) mass is 330 g/mol. The molecule has 1 heteroatoms. The number of fused-ring (bicyclic) bond motifs is 5. The van der Waals surface area contributed by atoms with Gasteiger partial charge in [0.05, 0.1) is 0 Å². The lowest BCUT2D eigenvalue weighted by molar-refractivity contribution is -0.154. The van der Waals surface area contributed by atoms with Crippen molar-refractivity contribution in [3.8, 4) is 0 Å². The van der Waals surface area contributed by atoms with Gasteiger partial charge in [0.1, 0.15) is 5.78 Å². The third-order valence-electron chi connectivity index (χ3n) is 9.77. The molecule has 0 amide bonds. The van der Waals surface area contributed by atoms with Gasteiger partial charge in [-0.2, -0.15) is 0 Å². The van der Waals surface area contributed by atoms with Crippen LogP contribution in [-0.4, -0.2) is 5.78 Å². The minimum Gasteiger partial charge on any atom is -0.299 e. The molecule has 0 heterocycles. The van der Waals surface area contributed by atoms with Crippen molar-refractivity contribution in [2.45, 2.75) is 91.9 Å². The van der Waals surface area contributed by atoms with Gasteiger partial charge in [-0.1, -0.05) is 47.0 Å². The lowest BCUT2D eigenvalue weighted by Gasteiger charge is -2.60. The summed E-state index contributed by atoms with van der Waals surface area (Å²) in [4.78, 5) is 13.1. The Morgan fingerprint density at radius 1 is 1.00 bits per heavy atom. The number of Topliss-reactive ketones (excluding diaryl/α,β-unsaturated/α-hetero) is 1. The fraction of sp³-hybridized carbons (Fsp3) is 0.957. The summed E-state index contributed by atoms with van der Waals surface area (Å²) in [7, 11) is 0. The fourth-order valence-corrected chi connectivity index (χ4v) is 8.36. The highest BCUT2D eigenvalue weighted by molar-refractivity contribution is 5.83. The Morgan fingerprint density at radius 3 is 2.50 bits per heavy atom. The first-order chi connectivity index (χ1) is 11.4. The summed E-state index contributed by atoms with van der Waals surface area (Å²) in [5.74, 6) is 5.20. The third kappa shape index (κ3) is 2.21. The van der Waals surface area contributed by atoms with E-state index in [1.165, 1.54) is 57.8 Å². The van der Waals surface area contributed by atoms with Gasteiger partial charge >= 0.3 is 0 Å². The summed E-state index contributed by atoms with van der Waals surface area (Å²) in [5, 5.41) is 0. The van der Waals surface area contributed by atoms with Crippen molar-refractivity contribution >= 4 is 5.78 Å². The largest absolute Gasteiger partial charge is 0.299 e. The number of ketones is 1. The molecule has 4 aliphatic rings. The molecule has 0 bridgehead atoms. The van der Waals surface area contributed by atoms with Crippen LogP contribution >= 0.6 is 0 Å². The third-order valence-corrected chi connectivity index (χ3v) is 9.77. The molecule has 0 saturated heterocycles. The Bertz CT molecular complexity index is 510. The zero-order valence-electron chi connectivity index (χ0n) is 16.4. The zero-order valence-corrected chi connectivity index (χ0v) is 16.4. The standard InChI is InChI=1S/C23H38O/c1-5-15(2)17-9-10-18-16-14-21(24)20-8-6-7-12-22(20,3)19(16)11-13-23(17,18)4/h15-20H,5-14H2,1-4H3/t15-,16?,17?,18?,19?,20?,22?,23-/m1/s1. The van der Waals surface area contributed by atoms with E-state index in [1.54, 1.807) is 0 Å². The molecule has 0 aromatic heterocycles. The molecule has 0 aromatic carbocycles. The van der Waals surface area contributed by atoms with Gasteiger partial charge in [-0.15, -0.1) is 0 Å². The molecular weight excluding hydrogens is 292 g/mol. The molecule has 0 N–H and O–H groups in total. The van der Waals surface area contributed by atoms with Crippen molar-refractivity contribution < 1.29 is 4.79 Å². The molecule has 0 spiro atoms. The predicted octanol–water partition coefficient (Wildman–Crippen LogP) is 6.26. The maximum atomic E-state index is 13.1. The molecular formula is C23H38O. The molecule has 6 unspecified atom stereocenters. The van der Waals surface area contributed by atoms with Crippen molar-refractivity contribution in [2.24, 2.45) is 46.3 Å². The molecule has 4 fully saturated rings. The van der Waals surface area contributed by atoms with Gasteiger partial charge in [-0.05, 0) is 78.9 Å². The molecule has 4 saturated carbocycles. The smallest absolute Gasteiger partial charge is 0.136 e. The number of rotatable bonds is 2. The van der Waals surface area contributed by atoms with Gasteiger partial charge < -0.3 is 0 Å². The van der Waals surface area contributed by atoms with E-state index in [9.17, 15) is 4.79 Å². The molecule has 0 aliphatic heterocycles. The number of hydrogen-bond donors (Lipinski definition) is 0. The first-order valence-corrected chi connectivity index (χ1v) is 10.9. The summed E-state index contributed by atoms with van der Waals surface area (Å²) in [6.45, 7) is 9.96. The van der Waals surface area contributed by atoms with Crippen molar-refractivity contribution in [3.05, 3.63) is 0 Å². The van der Waals surface area contributed by atoms with E-state index in [2.05, 4.69) is 27.7 Å². The van der Waals surface area contributed by atoms with Crippen molar-refractivity contribution in [2.75, 3.05) is 0 Å². The Labute approximate surface area is 149 Å². The van der Waals surface area contributed by atoms with Crippen molar-refractivity contribution in [1.29, 1.82) is 0 Å². The highest BCUT2D eigenvalue weighted by atomic mass is 16.1. The average Bonchev–Trinajstić information content (AvgIpc) is 2.91. The molecule has 0 radical (unpaired) electrons. The summed E-state index contributed by atoms with van der Waals surface area (Å²) >= 11 is 0. The van der Waals surface area contributed by atoms with E-state index in [-0.39, 0.29) is 0 Å². The van der Waals surface area contributed by atoms with Crippen LogP contribution < -0.4 is 0 Å². The van der Waals surface area contributed by atoms with Crippen LogP contribution in [0.1, 0.15) is 91.9 Å². The summed E-state index contributed by atoms with van der Waals surface area (Å²) in [5.41, 5.74) is 0.864. The van der Waals surface area contributed by atoms with Crippen LogP contribution in [0.2, 0.25) is 0 Å². The van der Waals surface area contributed by atoms with Crippen molar-refractivity contribution in [3.63, 3.8) is 0 Å². The maximum Gasteiger partial charge on any atom is 0.136 e. The molecule has 4 rings (SSSR count). The van der Waals surface area contributed by atoms with Gasteiger partial charge in [0.25, 0.3) is 0 Å².